The van der Waals surface area contributed by atoms with Crippen molar-refractivity contribution in [3.8, 4) is 0 Å². The van der Waals surface area contributed by atoms with Crippen molar-refractivity contribution in [2.24, 2.45) is 0 Å². The summed E-state index contributed by atoms with van der Waals surface area (Å²) in [5.74, 6) is 0. The van der Waals surface area contributed by atoms with Gasteiger partial charge in [0.25, 0.3) is 0 Å². The van der Waals surface area contributed by atoms with Gasteiger partial charge in [0, 0.05) is 0 Å². The van der Waals surface area contributed by atoms with Crippen LogP contribution in [0.5, 0.6) is 0 Å². The number of hydrogen-bond acceptors (Lipinski definition) is 2. The Morgan fingerprint density at radius 2 is 1.05 bits per heavy atom. The standard InChI is InChI=1S/C18H26O2/c1-3-5-7-13-14(8-6-4-2)16-10-20-12-18(16)17-11-19-9-15(13)17/h3-12H2,1-2H3. The highest BCUT2D eigenvalue weighted by molar-refractivity contribution is 5.53. The van der Waals surface area contributed by atoms with Crippen LogP contribution in [0.15, 0.2) is 0 Å². The molecule has 0 saturated heterocycles. The minimum atomic E-state index is 0.800. The molecule has 1 aromatic carbocycles. The van der Waals surface area contributed by atoms with Crippen LogP contribution in [0.1, 0.15) is 72.9 Å². The molecular weight excluding hydrogens is 248 g/mol. The summed E-state index contributed by atoms with van der Waals surface area (Å²) >= 11 is 0. The molecule has 0 aromatic heterocycles. The molecule has 0 aliphatic carbocycles. The van der Waals surface area contributed by atoms with Crippen molar-refractivity contribution in [1.29, 1.82) is 0 Å². The summed E-state index contributed by atoms with van der Waals surface area (Å²) in [5.41, 5.74) is 9.16. The third-order valence-electron chi connectivity index (χ3n) is 4.73. The summed E-state index contributed by atoms with van der Waals surface area (Å²) in [6, 6.07) is 0. The number of benzene rings is 1. The Bertz CT molecular complexity index is 446. The highest BCUT2D eigenvalue weighted by atomic mass is 16.5. The molecule has 2 heterocycles. The van der Waals surface area contributed by atoms with Crippen LogP contribution in [0.2, 0.25) is 0 Å². The third-order valence-corrected chi connectivity index (χ3v) is 4.73. The molecule has 0 amide bonds. The Labute approximate surface area is 122 Å². The van der Waals surface area contributed by atoms with Crippen molar-refractivity contribution in [2.75, 3.05) is 0 Å². The van der Waals surface area contributed by atoms with E-state index in [0.29, 0.717) is 0 Å². The van der Waals surface area contributed by atoms with Crippen LogP contribution in [0.3, 0.4) is 0 Å². The van der Waals surface area contributed by atoms with Crippen molar-refractivity contribution in [3.05, 3.63) is 33.4 Å². The number of hydrogen-bond donors (Lipinski definition) is 0. The van der Waals surface area contributed by atoms with E-state index in [1.54, 1.807) is 11.1 Å². The van der Waals surface area contributed by atoms with Crippen LogP contribution in [0, 0.1) is 0 Å². The van der Waals surface area contributed by atoms with Crippen LogP contribution in [0.4, 0.5) is 0 Å². The van der Waals surface area contributed by atoms with Gasteiger partial charge in [0.05, 0.1) is 26.4 Å². The molecule has 0 bridgehead atoms. The van der Waals surface area contributed by atoms with Gasteiger partial charge in [-0.05, 0) is 59.1 Å². The molecule has 0 unspecified atom stereocenters. The number of unbranched alkanes of at least 4 members (excludes halogenated alkanes) is 2. The second-order valence-corrected chi connectivity index (χ2v) is 6.06. The van der Waals surface area contributed by atoms with E-state index in [4.69, 9.17) is 9.47 Å². The van der Waals surface area contributed by atoms with E-state index in [9.17, 15) is 0 Å². The fourth-order valence-corrected chi connectivity index (χ4v) is 3.61. The Morgan fingerprint density at radius 3 is 1.45 bits per heavy atom. The number of ether oxygens (including phenoxy) is 2. The first-order chi connectivity index (χ1) is 9.86. The van der Waals surface area contributed by atoms with Gasteiger partial charge in [0.1, 0.15) is 0 Å². The van der Waals surface area contributed by atoms with Gasteiger partial charge >= 0.3 is 0 Å². The van der Waals surface area contributed by atoms with Crippen molar-refractivity contribution in [2.45, 2.75) is 78.8 Å². The molecule has 0 spiro atoms. The van der Waals surface area contributed by atoms with E-state index >= 15 is 0 Å². The average molecular weight is 274 g/mol. The first-order valence-electron chi connectivity index (χ1n) is 8.19. The lowest BCUT2D eigenvalue weighted by Gasteiger charge is -2.18. The van der Waals surface area contributed by atoms with Gasteiger partial charge in [-0.25, -0.2) is 0 Å². The lowest BCUT2D eigenvalue weighted by Crippen LogP contribution is -2.07. The molecule has 0 radical (unpaired) electrons. The van der Waals surface area contributed by atoms with E-state index in [1.165, 1.54) is 60.8 Å². The predicted octanol–water partition coefficient (Wildman–Crippen LogP) is 4.43. The lowest BCUT2D eigenvalue weighted by atomic mass is 9.85. The Kier molecular flexibility index (Phi) is 4.42. The number of fused-ring (bicyclic) bond motifs is 3. The maximum absolute atomic E-state index is 5.76. The van der Waals surface area contributed by atoms with Gasteiger partial charge in [-0.3, -0.25) is 0 Å². The van der Waals surface area contributed by atoms with E-state index in [2.05, 4.69) is 13.8 Å². The van der Waals surface area contributed by atoms with Crippen molar-refractivity contribution < 1.29 is 9.47 Å². The molecule has 1 aromatic rings. The fraction of sp³-hybridized carbons (Fsp3) is 0.667. The van der Waals surface area contributed by atoms with Crippen LogP contribution in [-0.2, 0) is 48.7 Å². The smallest absolute Gasteiger partial charge is 0.0728 e. The normalized spacial score (nSPS) is 16.5. The highest BCUT2D eigenvalue weighted by Gasteiger charge is 2.28. The fourth-order valence-electron chi connectivity index (χ4n) is 3.61. The van der Waals surface area contributed by atoms with E-state index in [1.807, 2.05) is 0 Å². The highest BCUT2D eigenvalue weighted by Crippen LogP contribution is 2.38. The van der Waals surface area contributed by atoms with Crippen molar-refractivity contribution in [1.82, 2.24) is 0 Å². The monoisotopic (exact) mass is 274 g/mol. The second-order valence-electron chi connectivity index (χ2n) is 6.06. The zero-order valence-electron chi connectivity index (χ0n) is 12.9. The molecule has 0 atom stereocenters. The lowest BCUT2D eigenvalue weighted by molar-refractivity contribution is 0.126. The predicted molar refractivity (Wildman–Crippen MR) is 80.7 cm³/mol. The summed E-state index contributed by atoms with van der Waals surface area (Å²) in [5, 5.41) is 0. The number of rotatable bonds is 6. The maximum Gasteiger partial charge on any atom is 0.0728 e. The molecule has 20 heavy (non-hydrogen) atoms. The Morgan fingerprint density at radius 1 is 0.650 bits per heavy atom. The van der Waals surface area contributed by atoms with Crippen molar-refractivity contribution in [3.63, 3.8) is 0 Å². The average Bonchev–Trinajstić information content (AvgIpc) is 3.10. The molecule has 3 rings (SSSR count). The van der Waals surface area contributed by atoms with Gasteiger partial charge in [-0.15, -0.1) is 0 Å². The quantitative estimate of drug-likeness (QED) is 0.764. The first-order valence-corrected chi connectivity index (χ1v) is 8.19. The molecule has 2 aliphatic rings. The Balaban J connectivity index is 2.06. The summed E-state index contributed by atoms with van der Waals surface area (Å²) < 4.78 is 11.5. The molecule has 110 valence electrons. The minimum absolute atomic E-state index is 0.800. The zero-order chi connectivity index (χ0) is 13.9. The molecular formula is C18H26O2. The topological polar surface area (TPSA) is 18.5 Å². The van der Waals surface area contributed by atoms with Crippen LogP contribution in [0.25, 0.3) is 0 Å². The minimum Gasteiger partial charge on any atom is -0.372 e. The van der Waals surface area contributed by atoms with E-state index in [0.717, 1.165) is 26.4 Å². The summed E-state index contributed by atoms with van der Waals surface area (Å²) in [6.07, 6.45) is 7.52. The van der Waals surface area contributed by atoms with E-state index < -0.39 is 0 Å². The largest absolute Gasteiger partial charge is 0.372 e. The van der Waals surface area contributed by atoms with Gasteiger partial charge < -0.3 is 9.47 Å². The van der Waals surface area contributed by atoms with E-state index in [-0.39, 0.29) is 0 Å². The first kappa shape index (κ1) is 14.1. The molecule has 2 heteroatoms. The molecule has 0 N–H and O–H groups in total. The van der Waals surface area contributed by atoms with Gasteiger partial charge in [0.2, 0.25) is 0 Å². The van der Waals surface area contributed by atoms with Gasteiger partial charge in [-0.2, -0.15) is 0 Å². The molecule has 0 fully saturated rings. The summed E-state index contributed by atoms with van der Waals surface area (Å²) in [4.78, 5) is 0. The molecule has 2 aliphatic heterocycles. The van der Waals surface area contributed by atoms with Gasteiger partial charge in [-0.1, -0.05) is 26.7 Å². The van der Waals surface area contributed by atoms with Gasteiger partial charge in [0.15, 0.2) is 0 Å². The summed E-state index contributed by atoms with van der Waals surface area (Å²) in [7, 11) is 0. The Hall–Kier alpha value is -0.860. The maximum atomic E-state index is 5.76. The SMILES string of the molecule is CCCCc1c(CCCC)c2c(c3c1COC3)COC2. The van der Waals surface area contributed by atoms with Crippen LogP contribution >= 0.6 is 0 Å². The third kappa shape index (κ3) is 2.40. The molecule has 0 saturated carbocycles. The second kappa shape index (κ2) is 6.28. The molecule has 2 nitrogen and oxygen atoms in total. The van der Waals surface area contributed by atoms with Crippen molar-refractivity contribution >= 4 is 0 Å². The van der Waals surface area contributed by atoms with Crippen LogP contribution < -0.4 is 0 Å². The summed E-state index contributed by atoms with van der Waals surface area (Å²) in [6.45, 7) is 7.79. The van der Waals surface area contributed by atoms with Crippen LogP contribution in [-0.4, -0.2) is 0 Å². The zero-order valence-corrected chi connectivity index (χ0v) is 12.9.